The first-order valence-corrected chi connectivity index (χ1v) is 11.1. The third-order valence-corrected chi connectivity index (χ3v) is 6.28. The molecule has 3 aromatic rings. The molecule has 2 heterocycles. The average Bonchev–Trinajstić information content (AvgIpc) is 2.77. The van der Waals surface area contributed by atoms with Crippen LogP contribution in [-0.4, -0.2) is 39.6 Å². The van der Waals surface area contributed by atoms with Gasteiger partial charge in [0.1, 0.15) is 10.8 Å². The van der Waals surface area contributed by atoms with Crippen molar-refractivity contribution in [1.82, 2.24) is 14.9 Å². The van der Waals surface area contributed by atoms with Gasteiger partial charge in [-0.3, -0.25) is 4.79 Å². The molecule has 29 heavy (non-hydrogen) atoms. The molecular weight excluding hydrogens is 385 g/mol. The predicted octanol–water partition coefficient (Wildman–Crippen LogP) is 5.10. The van der Waals surface area contributed by atoms with E-state index in [1.165, 1.54) is 30.3 Å². The van der Waals surface area contributed by atoms with Crippen LogP contribution in [0.25, 0.3) is 22.3 Å². The minimum absolute atomic E-state index is 0.163. The van der Waals surface area contributed by atoms with E-state index in [-0.39, 0.29) is 11.7 Å². The number of fused-ring (bicyclic) bond motifs is 1. The second kappa shape index (κ2) is 8.91. The van der Waals surface area contributed by atoms with E-state index in [2.05, 4.69) is 13.0 Å². The monoisotopic (exact) mass is 409 g/mol. The summed E-state index contributed by atoms with van der Waals surface area (Å²) < 4.78 is 13.4. The number of piperidine rings is 1. The predicted molar refractivity (Wildman–Crippen MR) is 115 cm³/mol. The third-order valence-electron chi connectivity index (χ3n) is 5.30. The van der Waals surface area contributed by atoms with Gasteiger partial charge in [-0.15, -0.1) is 0 Å². The number of benzene rings is 2. The van der Waals surface area contributed by atoms with E-state index in [4.69, 9.17) is 9.97 Å². The molecule has 1 amide bonds. The Hall–Kier alpha value is -2.47. The van der Waals surface area contributed by atoms with Crippen molar-refractivity contribution in [2.75, 3.05) is 18.8 Å². The fourth-order valence-electron chi connectivity index (χ4n) is 3.67. The molecule has 1 fully saturated rings. The van der Waals surface area contributed by atoms with Gasteiger partial charge in [0.2, 0.25) is 5.91 Å². The quantitative estimate of drug-likeness (QED) is 0.434. The van der Waals surface area contributed by atoms with Crippen molar-refractivity contribution in [1.29, 1.82) is 0 Å². The van der Waals surface area contributed by atoms with Crippen LogP contribution in [-0.2, 0) is 11.2 Å². The number of carbonyl (C=O) groups excluding carboxylic acids is 1. The van der Waals surface area contributed by atoms with Gasteiger partial charge in [0.25, 0.3) is 0 Å². The highest BCUT2D eigenvalue weighted by molar-refractivity contribution is 8.00. The molecule has 0 bridgehead atoms. The van der Waals surface area contributed by atoms with Crippen LogP contribution in [0.3, 0.4) is 0 Å². The first kappa shape index (κ1) is 19.8. The summed E-state index contributed by atoms with van der Waals surface area (Å²) in [6, 6.07) is 12.3. The molecule has 4 nitrogen and oxygen atoms in total. The van der Waals surface area contributed by atoms with E-state index >= 15 is 0 Å². The summed E-state index contributed by atoms with van der Waals surface area (Å²) in [7, 11) is 0. The highest BCUT2D eigenvalue weighted by atomic mass is 32.2. The number of para-hydroxylation sites is 1. The summed E-state index contributed by atoms with van der Waals surface area (Å²) in [5.74, 6) is 0.805. The number of likely N-dealkylation sites (tertiary alicyclic amines) is 1. The average molecular weight is 410 g/mol. The highest BCUT2D eigenvalue weighted by Gasteiger charge is 2.18. The normalized spacial score (nSPS) is 14.3. The Morgan fingerprint density at radius 3 is 2.55 bits per heavy atom. The van der Waals surface area contributed by atoms with Crippen LogP contribution in [0.2, 0.25) is 0 Å². The number of hydrogen-bond donors (Lipinski definition) is 0. The molecule has 0 saturated carbocycles. The summed E-state index contributed by atoms with van der Waals surface area (Å²) in [5.41, 5.74) is 2.80. The Morgan fingerprint density at radius 1 is 1.07 bits per heavy atom. The maximum atomic E-state index is 13.4. The van der Waals surface area contributed by atoms with Crippen LogP contribution >= 0.6 is 11.8 Å². The lowest BCUT2D eigenvalue weighted by Gasteiger charge is -2.26. The van der Waals surface area contributed by atoms with Gasteiger partial charge >= 0.3 is 0 Å². The number of aryl methyl sites for hydroxylation is 1. The number of nitrogens with zero attached hydrogens (tertiary/aromatic N) is 3. The third kappa shape index (κ3) is 4.42. The van der Waals surface area contributed by atoms with E-state index in [1.807, 2.05) is 17.0 Å². The van der Waals surface area contributed by atoms with Crippen molar-refractivity contribution in [3.63, 3.8) is 0 Å². The first-order valence-electron chi connectivity index (χ1n) is 10.1. The number of rotatable bonds is 5. The Morgan fingerprint density at radius 2 is 1.83 bits per heavy atom. The van der Waals surface area contributed by atoms with Gasteiger partial charge in [-0.05, 0) is 55.5 Å². The van der Waals surface area contributed by atoms with Gasteiger partial charge in [0, 0.05) is 24.0 Å². The van der Waals surface area contributed by atoms with Crippen molar-refractivity contribution < 1.29 is 9.18 Å². The molecule has 0 unspecified atom stereocenters. The van der Waals surface area contributed by atoms with Crippen LogP contribution in [0.1, 0.15) is 31.7 Å². The van der Waals surface area contributed by atoms with Crippen LogP contribution in [0.4, 0.5) is 4.39 Å². The smallest absolute Gasteiger partial charge is 0.232 e. The Kier molecular flexibility index (Phi) is 6.09. The van der Waals surface area contributed by atoms with Gasteiger partial charge in [0.05, 0.1) is 11.3 Å². The summed E-state index contributed by atoms with van der Waals surface area (Å²) in [6.07, 6.45) is 4.23. The Bertz CT molecular complexity index is 1020. The minimum Gasteiger partial charge on any atom is -0.342 e. The summed E-state index contributed by atoms with van der Waals surface area (Å²) in [4.78, 5) is 24.1. The number of halogens is 1. The van der Waals surface area contributed by atoms with Crippen LogP contribution in [0.5, 0.6) is 0 Å². The molecule has 2 aromatic carbocycles. The lowest BCUT2D eigenvalue weighted by molar-refractivity contribution is -0.129. The summed E-state index contributed by atoms with van der Waals surface area (Å²) in [6.45, 7) is 3.80. The first-order chi connectivity index (χ1) is 14.2. The van der Waals surface area contributed by atoms with Gasteiger partial charge in [-0.1, -0.05) is 36.9 Å². The summed E-state index contributed by atoms with van der Waals surface area (Å²) >= 11 is 1.47. The SMILES string of the molecule is CCc1cccc2c(SCC(=O)N3CCCCC3)nc(-c3ccc(F)cc3)nc12. The Labute approximate surface area is 174 Å². The number of aromatic nitrogens is 2. The highest BCUT2D eigenvalue weighted by Crippen LogP contribution is 2.31. The number of amides is 1. The van der Waals surface area contributed by atoms with Crippen LogP contribution in [0, 0.1) is 5.82 Å². The fraction of sp³-hybridized carbons (Fsp3) is 0.348. The van der Waals surface area contributed by atoms with Crippen molar-refractivity contribution >= 4 is 28.6 Å². The zero-order chi connectivity index (χ0) is 20.2. The zero-order valence-corrected chi connectivity index (χ0v) is 17.3. The lowest BCUT2D eigenvalue weighted by atomic mass is 10.1. The molecule has 0 aliphatic carbocycles. The molecule has 150 valence electrons. The fourth-order valence-corrected chi connectivity index (χ4v) is 4.59. The van der Waals surface area contributed by atoms with Gasteiger partial charge in [-0.2, -0.15) is 0 Å². The molecule has 1 aliphatic rings. The maximum absolute atomic E-state index is 13.4. The van der Waals surface area contributed by atoms with Crippen molar-refractivity contribution in [2.45, 2.75) is 37.6 Å². The molecule has 1 aromatic heterocycles. The van der Waals surface area contributed by atoms with E-state index in [0.29, 0.717) is 11.6 Å². The number of carbonyl (C=O) groups is 1. The molecule has 1 aliphatic heterocycles. The van der Waals surface area contributed by atoms with Gasteiger partial charge < -0.3 is 4.90 Å². The molecule has 4 rings (SSSR count). The largest absolute Gasteiger partial charge is 0.342 e. The maximum Gasteiger partial charge on any atom is 0.232 e. The van der Waals surface area contributed by atoms with Gasteiger partial charge in [0.15, 0.2) is 5.82 Å². The lowest BCUT2D eigenvalue weighted by Crippen LogP contribution is -2.36. The standard InChI is InChI=1S/C23H24FN3OS/c1-2-16-7-6-8-19-21(16)25-22(17-9-11-18(24)12-10-17)26-23(19)29-15-20(28)27-13-4-3-5-14-27/h6-12H,2-5,13-15H2,1H3. The molecule has 6 heteroatoms. The molecular formula is C23H24FN3OS. The van der Waals surface area contributed by atoms with E-state index < -0.39 is 0 Å². The van der Waals surface area contributed by atoms with Crippen molar-refractivity contribution in [3.05, 3.63) is 53.8 Å². The number of thioether (sulfide) groups is 1. The van der Waals surface area contributed by atoms with Crippen LogP contribution < -0.4 is 0 Å². The van der Waals surface area contributed by atoms with Crippen molar-refractivity contribution in [3.8, 4) is 11.4 Å². The molecule has 0 radical (unpaired) electrons. The Balaban J connectivity index is 1.69. The second-order valence-corrected chi connectivity index (χ2v) is 8.22. The van der Waals surface area contributed by atoms with E-state index in [9.17, 15) is 9.18 Å². The van der Waals surface area contributed by atoms with E-state index in [0.717, 1.165) is 59.4 Å². The molecule has 0 N–H and O–H groups in total. The molecule has 0 spiro atoms. The zero-order valence-electron chi connectivity index (χ0n) is 16.5. The minimum atomic E-state index is -0.287. The van der Waals surface area contributed by atoms with Crippen molar-refractivity contribution in [2.24, 2.45) is 0 Å². The molecule has 1 saturated heterocycles. The van der Waals surface area contributed by atoms with Gasteiger partial charge in [-0.25, -0.2) is 14.4 Å². The molecule has 0 atom stereocenters. The van der Waals surface area contributed by atoms with E-state index in [1.54, 1.807) is 12.1 Å². The summed E-state index contributed by atoms with van der Waals surface area (Å²) in [5, 5.41) is 1.77. The second-order valence-electron chi connectivity index (χ2n) is 7.26. The number of hydrogen-bond acceptors (Lipinski definition) is 4. The van der Waals surface area contributed by atoms with Crippen LogP contribution in [0.15, 0.2) is 47.5 Å². The topological polar surface area (TPSA) is 46.1 Å².